The van der Waals surface area contributed by atoms with Gasteiger partial charge in [-0.2, -0.15) is 0 Å². The van der Waals surface area contributed by atoms with Gasteiger partial charge in [-0.3, -0.25) is 4.79 Å². The van der Waals surface area contributed by atoms with E-state index in [1.54, 1.807) is 31.2 Å². The van der Waals surface area contributed by atoms with E-state index >= 15 is 0 Å². The van der Waals surface area contributed by atoms with Crippen molar-refractivity contribution in [2.75, 3.05) is 12.3 Å². The minimum absolute atomic E-state index is 0.193. The Bertz CT molecular complexity index is 617. The van der Waals surface area contributed by atoms with Crippen LogP contribution >= 0.6 is 0 Å². The van der Waals surface area contributed by atoms with Crippen molar-refractivity contribution in [1.82, 2.24) is 5.32 Å². The fraction of sp³-hybridized carbons (Fsp3) is 0.400. The standard InChI is InChI=1S/C15H20N2O3/c1-3-6-15(2,19)9-17-14(18)13-8-10-7-11(16)4-5-12(10)20-13/h4-5,7-8,19H,3,6,9,16H2,1-2H3,(H,17,18). The summed E-state index contributed by atoms with van der Waals surface area (Å²) in [7, 11) is 0. The van der Waals surface area contributed by atoms with Gasteiger partial charge in [-0.05, 0) is 37.6 Å². The summed E-state index contributed by atoms with van der Waals surface area (Å²) >= 11 is 0. The smallest absolute Gasteiger partial charge is 0.287 e. The quantitative estimate of drug-likeness (QED) is 0.731. The summed E-state index contributed by atoms with van der Waals surface area (Å²) in [6, 6.07) is 6.85. The van der Waals surface area contributed by atoms with Crippen LogP contribution in [0.1, 0.15) is 37.2 Å². The molecule has 1 heterocycles. The van der Waals surface area contributed by atoms with Gasteiger partial charge in [0.2, 0.25) is 0 Å². The number of furan rings is 1. The molecule has 0 aliphatic carbocycles. The fourth-order valence-corrected chi connectivity index (χ4v) is 2.16. The van der Waals surface area contributed by atoms with Crippen LogP contribution in [-0.2, 0) is 0 Å². The highest BCUT2D eigenvalue weighted by Gasteiger charge is 2.21. The number of amides is 1. The molecular weight excluding hydrogens is 256 g/mol. The Morgan fingerprint density at radius 2 is 2.20 bits per heavy atom. The molecule has 0 saturated heterocycles. The number of aliphatic hydroxyl groups is 1. The van der Waals surface area contributed by atoms with Gasteiger partial charge in [0.15, 0.2) is 5.76 Å². The number of hydrogen-bond acceptors (Lipinski definition) is 4. The molecule has 0 radical (unpaired) electrons. The van der Waals surface area contributed by atoms with Gasteiger partial charge < -0.3 is 20.6 Å². The molecule has 0 aliphatic rings. The van der Waals surface area contributed by atoms with E-state index in [1.807, 2.05) is 6.92 Å². The molecule has 0 fully saturated rings. The van der Waals surface area contributed by atoms with Crippen molar-refractivity contribution in [3.8, 4) is 0 Å². The van der Waals surface area contributed by atoms with Crippen LogP contribution in [0.15, 0.2) is 28.7 Å². The monoisotopic (exact) mass is 276 g/mol. The Labute approximate surface area is 117 Å². The van der Waals surface area contributed by atoms with Crippen molar-refractivity contribution in [3.63, 3.8) is 0 Å². The van der Waals surface area contributed by atoms with Gasteiger partial charge in [0.25, 0.3) is 5.91 Å². The molecule has 5 heteroatoms. The zero-order valence-corrected chi connectivity index (χ0v) is 11.8. The highest BCUT2D eigenvalue weighted by molar-refractivity contribution is 5.96. The topological polar surface area (TPSA) is 88.5 Å². The molecule has 1 aromatic heterocycles. The van der Waals surface area contributed by atoms with E-state index < -0.39 is 5.60 Å². The third-order valence-corrected chi connectivity index (χ3v) is 3.18. The van der Waals surface area contributed by atoms with Crippen molar-refractivity contribution < 1.29 is 14.3 Å². The van der Waals surface area contributed by atoms with Crippen molar-refractivity contribution in [2.45, 2.75) is 32.3 Å². The normalized spacial score (nSPS) is 14.2. The molecular formula is C15H20N2O3. The molecule has 0 spiro atoms. The second kappa shape index (κ2) is 5.54. The van der Waals surface area contributed by atoms with Gasteiger partial charge >= 0.3 is 0 Å². The van der Waals surface area contributed by atoms with Crippen LogP contribution in [0.2, 0.25) is 0 Å². The predicted octanol–water partition coefficient (Wildman–Crippen LogP) is 2.30. The van der Waals surface area contributed by atoms with Gasteiger partial charge in [0, 0.05) is 17.6 Å². The zero-order chi connectivity index (χ0) is 14.8. The summed E-state index contributed by atoms with van der Waals surface area (Å²) in [6.07, 6.45) is 1.48. The van der Waals surface area contributed by atoms with Crippen LogP contribution < -0.4 is 11.1 Å². The average molecular weight is 276 g/mol. The number of nitrogens with one attached hydrogen (secondary N) is 1. The summed E-state index contributed by atoms with van der Waals surface area (Å²) in [4.78, 5) is 12.0. The molecule has 0 saturated carbocycles. The fourth-order valence-electron chi connectivity index (χ4n) is 2.16. The van der Waals surface area contributed by atoms with E-state index in [-0.39, 0.29) is 18.2 Å². The minimum atomic E-state index is -0.902. The van der Waals surface area contributed by atoms with Gasteiger partial charge in [0.1, 0.15) is 5.58 Å². The Balaban J connectivity index is 2.08. The molecule has 0 bridgehead atoms. The maximum Gasteiger partial charge on any atom is 0.287 e. The van der Waals surface area contributed by atoms with E-state index in [0.29, 0.717) is 17.7 Å². The highest BCUT2D eigenvalue weighted by Crippen LogP contribution is 2.21. The van der Waals surface area contributed by atoms with E-state index in [0.717, 1.165) is 11.8 Å². The summed E-state index contributed by atoms with van der Waals surface area (Å²) in [6.45, 7) is 3.88. The Morgan fingerprint density at radius 1 is 1.45 bits per heavy atom. The van der Waals surface area contributed by atoms with E-state index in [9.17, 15) is 9.90 Å². The number of carbonyl (C=O) groups excluding carboxylic acids is 1. The number of benzene rings is 1. The first-order chi connectivity index (χ1) is 9.41. The summed E-state index contributed by atoms with van der Waals surface area (Å²) in [5.41, 5.74) is 6.02. The Morgan fingerprint density at radius 3 is 2.90 bits per heavy atom. The first-order valence-corrected chi connectivity index (χ1v) is 6.71. The predicted molar refractivity (Wildman–Crippen MR) is 78.5 cm³/mol. The summed E-state index contributed by atoms with van der Waals surface area (Å²) in [5.74, 6) is -0.117. The van der Waals surface area contributed by atoms with Gasteiger partial charge in [-0.1, -0.05) is 13.3 Å². The number of nitrogens with two attached hydrogens (primary N) is 1. The molecule has 20 heavy (non-hydrogen) atoms. The van der Waals surface area contributed by atoms with Crippen LogP contribution in [0.25, 0.3) is 11.0 Å². The van der Waals surface area contributed by atoms with Crippen LogP contribution in [0, 0.1) is 0 Å². The molecule has 1 unspecified atom stereocenters. The van der Waals surface area contributed by atoms with E-state index in [1.165, 1.54) is 0 Å². The largest absolute Gasteiger partial charge is 0.451 e. The maximum absolute atomic E-state index is 12.0. The lowest BCUT2D eigenvalue weighted by Gasteiger charge is -2.22. The second-order valence-electron chi connectivity index (χ2n) is 5.34. The number of carbonyl (C=O) groups is 1. The van der Waals surface area contributed by atoms with E-state index in [4.69, 9.17) is 10.2 Å². The summed E-state index contributed by atoms with van der Waals surface area (Å²) < 4.78 is 5.46. The zero-order valence-electron chi connectivity index (χ0n) is 11.8. The molecule has 1 aromatic carbocycles. The highest BCUT2D eigenvalue weighted by atomic mass is 16.3. The number of nitrogen functional groups attached to an aromatic ring is 1. The molecule has 5 nitrogen and oxygen atoms in total. The number of anilines is 1. The lowest BCUT2D eigenvalue weighted by molar-refractivity contribution is 0.0464. The van der Waals surface area contributed by atoms with Gasteiger partial charge in [-0.25, -0.2) is 0 Å². The molecule has 4 N–H and O–H groups in total. The SMILES string of the molecule is CCCC(C)(O)CNC(=O)c1cc2cc(N)ccc2o1. The first kappa shape index (κ1) is 14.4. The van der Waals surface area contributed by atoms with Gasteiger partial charge in [-0.15, -0.1) is 0 Å². The first-order valence-electron chi connectivity index (χ1n) is 6.71. The third kappa shape index (κ3) is 3.30. The molecule has 2 rings (SSSR count). The van der Waals surface area contributed by atoms with Crippen LogP contribution in [-0.4, -0.2) is 23.2 Å². The lowest BCUT2D eigenvalue weighted by atomic mass is 10.0. The molecule has 108 valence electrons. The number of hydrogen-bond donors (Lipinski definition) is 3. The molecule has 2 aromatic rings. The maximum atomic E-state index is 12.0. The average Bonchev–Trinajstić information content (AvgIpc) is 2.79. The van der Waals surface area contributed by atoms with Crippen molar-refractivity contribution in [2.24, 2.45) is 0 Å². The molecule has 0 aliphatic heterocycles. The molecule has 1 atom stereocenters. The number of rotatable bonds is 5. The van der Waals surface area contributed by atoms with Crippen LogP contribution in [0.4, 0.5) is 5.69 Å². The van der Waals surface area contributed by atoms with Crippen molar-refractivity contribution >= 4 is 22.6 Å². The number of fused-ring (bicyclic) bond motifs is 1. The Kier molecular flexibility index (Phi) is 3.99. The second-order valence-corrected chi connectivity index (χ2v) is 5.34. The van der Waals surface area contributed by atoms with Crippen LogP contribution in [0.3, 0.4) is 0 Å². The third-order valence-electron chi connectivity index (χ3n) is 3.18. The van der Waals surface area contributed by atoms with E-state index in [2.05, 4.69) is 5.32 Å². The Hall–Kier alpha value is -2.01. The lowest BCUT2D eigenvalue weighted by Crippen LogP contribution is -2.40. The van der Waals surface area contributed by atoms with Crippen molar-refractivity contribution in [3.05, 3.63) is 30.0 Å². The van der Waals surface area contributed by atoms with Crippen LogP contribution in [0.5, 0.6) is 0 Å². The summed E-state index contributed by atoms with van der Waals surface area (Å²) in [5, 5.41) is 13.5. The minimum Gasteiger partial charge on any atom is -0.451 e. The van der Waals surface area contributed by atoms with Crippen molar-refractivity contribution in [1.29, 1.82) is 0 Å². The van der Waals surface area contributed by atoms with Gasteiger partial charge in [0.05, 0.1) is 5.60 Å². The molecule has 1 amide bonds.